The van der Waals surface area contributed by atoms with Gasteiger partial charge in [-0.2, -0.15) is 5.26 Å². The third kappa shape index (κ3) is 2.22. The molecule has 92 valence electrons. The fraction of sp³-hybridized carbons (Fsp3) is 0.583. The van der Waals surface area contributed by atoms with E-state index in [1.807, 2.05) is 23.6 Å². The van der Waals surface area contributed by atoms with Crippen molar-refractivity contribution in [2.24, 2.45) is 0 Å². The summed E-state index contributed by atoms with van der Waals surface area (Å²) in [7, 11) is 3.86. The third-order valence-electron chi connectivity index (χ3n) is 3.05. The van der Waals surface area contributed by atoms with Crippen LogP contribution in [0, 0.1) is 11.3 Å². The number of rotatable bonds is 3. The minimum absolute atomic E-state index is 0.201. The Morgan fingerprint density at radius 1 is 1.65 bits per heavy atom. The van der Waals surface area contributed by atoms with Gasteiger partial charge in [0, 0.05) is 20.7 Å². The van der Waals surface area contributed by atoms with E-state index in [0.717, 1.165) is 25.3 Å². The lowest BCUT2D eigenvalue weighted by Gasteiger charge is -2.20. The van der Waals surface area contributed by atoms with Gasteiger partial charge in [0.05, 0.1) is 18.3 Å². The minimum atomic E-state index is 0.201. The molecule has 1 atom stereocenters. The van der Waals surface area contributed by atoms with Crippen molar-refractivity contribution in [1.82, 2.24) is 4.57 Å². The van der Waals surface area contributed by atoms with Gasteiger partial charge < -0.3 is 19.9 Å². The molecule has 1 aliphatic rings. The maximum Gasteiger partial charge on any atom is 0.132 e. The van der Waals surface area contributed by atoms with E-state index in [9.17, 15) is 0 Å². The molecule has 2 rings (SSSR count). The zero-order valence-corrected chi connectivity index (χ0v) is 10.3. The molecule has 17 heavy (non-hydrogen) atoms. The molecule has 0 saturated carbocycles. The normalized spacial score (nSPS) is 19.2. The van der Waals surface area contributed by atoms with Crippen LogP contribution in [0.3, 0.4) is 0 Å². The van der Waals surface area contributed by atoms with Crippen molar-refractivity contribution in [2.75, 3.05) is 31.3 Å². The number of anilines is 2. The number of hydrogen-bond acceptors (Lipinski definition) is 4. The first-order chi connectivity index (χ1) is 8.13. The number of nitrogens with zero attached hydrogens (tertiary/aromatic N) is 3. The first-order valence-electron chi connectivity index (χ1n) is 5.81. The lowest BCUT2D eigenvalue weighted by atomic mass is 10.2. The summed E-state index contributed by atoms with van der Waals surface area (Å²) >= 11 is 0. The number of hydrogen-bond donors (Lipinski definition) is 1. The van der Waals surface area contributed by atoms with Crippen LogP contribution in [0.15, 0.2) is 6.07 Å². The zero-order valence-electron chi connectivity index (χ0n) is 10.3. The van der Waals surface area contributed by atoms with Crippen molar-refractivity contribution in [3.8, 4) is 6.07 Å². The summed E-state index contributed by atoms with van der Waals surface area (Å²) in [5, 5.41) is 9.13. The van der Waals surface area contributed by atoms with E-state index in [1.54, 1.807) is 6.07 Å². The predicted octanol–water partition coefficient (Wildman–Crippen LogP) is 1.19. The summed E-state index contributed by atoms with van der Waals surface area (Å²) in [6, 6.07) is 3.91. The van der Waals surface area contributed by atoms with Gasteiger partial charge in [0.25, 0.3) is 0 Å². The van der Waals surface area contributed by atoms with Crippen LogP contribution in [0.4, 0.5) is 11.5 Å². The van der Waals surface area contributed by atoms with Crippen LogP contribution < -0.4 is 10.6 Å². The molecule has 2 N–H and O–H groups in total. The Balaban J connectivity index is 2.32. The van der Waals surface area contributed by atoms with Gasteiger partial charge in [0.15, 0.2) is 0 Å². The molecule has 5 heteroatoms. The Hall–Kier alpha value is -1.67. The standard InChI is InChI=1S/C12H18N4O/c1-15(2)12-11(14)6-9(7-13)16(12)8-10-4-3-5-17-10/h6,10H,3-5,8,14H2,1-2H3/t10-/m1/s1. The van der Waals surface area contributed by atoms with Crippen LogP contribution in [0.25, 0.3) is 0 Å². The van der Waals surface area contributed by atoms with Crippen LogP contribution in [-0.2, 0) is 11.3 Å². The molecule has 0 spiro atoms. The van der Waals surface area contributed by atoms with Gasteiger partial charge in [-0.1, -0.05) is 0 Å². The van der Waals surface area contributed by atoms with E-state index in [-0.39, 0.29) is 6.10 Å². The molecule has 5 nitrogen and oxygen atoms in total. The van der Waals surface area contributed by atoms with E-state index < -0.39 is 0 Å². The fourth-order valence-corrected chi connectivity index (χ4v) is 2.33. The number of aromatic nitrogens is 1. The number of nitriles is 1. The molecule has 1 aromatic heterocycles. The molecular weight excluding hydrogens is 216 g/mol. The quantitative estimate of drug-likeness (QED) is 0.853. The molecule has 0 aliphatic carbocycles. The second-order valence-corrected chi connectivity index (χ2v) is 4.56. The molecule has 0 amide bonds. The number of nitrogens with two attached hydrogens (primary N) is 1. The highest BCUT2D eigenvalue weighted by atomic mass is 16.5. The topological polar surface area (TPSA) is 67.2 Å². The Labute approximate surface area is 101 Å². The summed E-state index contributed by atoms with van der Waals surface area (Å²) in [6.07, 6.45) is 2.35. The Kier molecular flexibility index (Phi) is 3.25. The van der Waals surface area contributed by atoms with Crippen molar-refractivity contribution < 1.29 is 4.74 Å². The summed E-state index contributed by atoms with van der Waals surface area (Å²) in [6.45, 7) is 1.52. The van der Waals surface area contributed by atoms with E-state index in [2.05, 4.69) is 6.07 Å². The van der Waals surface area contributed by atoms with Crippen LogP contribution >= 0.6 is 0 Å². The molecular formula is C12H18N4O. The fourth-order valence-electron chi connectivity index (χ4n) is 2.33. The molecule has 1 saturated heterocycles. The Bertz CT molecular complexity index is 438. The molecule has 0 aromatic carbocycles. The second-order valence-electron chi connectivity index (χ2n) is 4.56. The van der Waals surface area contributed by atoms with E-state index in [0.29, 0.717) is 17.9 Å². The second kappa shape index (κ2) is 4.68. The first-order valence-corrected chi connectivity index (χ1v) is 5.81. The summed E-state index contributed by atoms with van der Waals surface area (Å²) < 4.78 is 7.56. The van der Waals surface area contributed by atoms with Crippen molar-refractivity contribution >= 4 is 11.5 Å². The SMILES string of the molecule is CN(C)c1c(N)cc(C#N)n1C[C@H]1CCCO1. The molecule has 0 bridgehead atoms. The number of ether oxygens (including phenoxy) is 1. The highest BCUT2D eigenvalue weighted by Crippen LogP contribution is 2.28. The smallest absolute Gasteiger partial charge is 0.132 e. The molecule has 1 aromatic rings. The predicted molar refractivity (Wildman–Crippen MR) is 66.9 cm³/mol. The van der Waals surface area contributed by atoms with E-state index in [1.165, 1.54) is 0 Å². The molecule has 1 fully saturated rings. The van der Waals surface area contributed by atoms with Gasteiger partial charge >= 0.3 is 0 Å². The first kappa shape index (κ1) is 11.8. The Morgan fingerprint density at radius 3 is 2.94 bits per heavy atom. The van der Waals surface area contributed by atoms with Crippen molar-refractivity contribution in [2.45, 2.75) is 25.5 Å². The van der Waals surface area contributed by atoms with Crippen molar-refractivity contribution in [1.29, 1.82) is 5.26 Å². The van der Waals surface area contributed by atoms with Gasteiger partial charge in [-0.15, -0.1) is 0 Å². The van der Waals surface area contributed by atoms with Gasteiger partial charge in [-0.25, -0.2) is 0 Å². The number of nitrogen functional groups attached to an aromatic ring is 1. The summed E-state index contributed by atoms with van der Waals surface area (Å²) in [5.74, 6) is 0.886. The highest BCUT2D eigenvalue weighted by molar-refractivity contribution is 5.67. The molecule has 0 unspecified atom stereocenters. The maximum atomic E-state index is 9.13. The van der Waals surface area contributed by atoms with Crippen LogP contribution in [0.2, 0.25) is 0 Å². The maximum absolute atomic E-state index is 9.13. The van der Waals surface area contributed by atoms with Crippen LogP contribution in [0.5, 0.6) is 0 Å². The Morgan fingerprint density at radius 2 is 2.41 bits per heavy atom. The van der Waals surface area contributed by atoms with Crippen LogP contribution in [0.1, 0.15) is 18.5 Å². The van der Waals surface area contributed by atoms with Crippen LogP contribution in [-0.4, -0.2) is 31.4 Å². The largest absolute Gasteiger partial charge is 0.396 e. The average Bonchev–Trinajstić information content (AvgIpc) is 2.86. The van der Waals surface area contributed by atoms with Gasteiger partial charge in [0.1, 0.15) is 17.6 Å². The average molecular weight is 234 g/mol. The monoisotopic (exact) mass is 234 g/mol. The summed E-state index contributed by atoms with van der Waals surface area (Å²) in [4.78, 5) is 1.94. The third-order valence-corrected chi connectivity index (χ3v) is 3.05. The van der Waals surface area contributed by atoms with E-state index >= 15 is 0 Å². The van der Waals surface area contributed by atoms with Gasteiger partial charge in [-0.05, 0) is 18.9 Å². The molecule has 2 heterocycles. The van der Waals surface area contributed by atoms with Gasteiger partial charge in [-0.3, -0.25) is 0 Å². The molecule has 0 radical (unpaired) electrons. The van der Waals surface area contributed by atoms with Crippen molar-refractivity contribution in [3.63, 3.8) is 0 Å². The molecule has 1 aliphatic heterocycles. The lowest BCUT2D eigenvalue weighted by molar-refractivity contribution is 0.0972. The minimum Gasteiger partial charge on any atom is -0.396 e. The van der Waals surface area contributed by atoms with Crippen molar-refractivity contribution in [3.05, 3.63) is 11.8 Å². The summed E-state index contributed by atoms with van der Waals surface area (Å²) in [5.41, 5.74) is 7.18. The highest BCUT2D eigenvalue weighted by Gasteiger charge is 2.21. The van der Waals surface area contributed by atoms with Gasteiger partial charge in [0.2, 0.25) is 0 Å². The zero-order chi connectivity index (χ0) is 12.4. The lowest BCUT2D eigenvalue weighted by Crippen LogP contribution is -2.21. The van der Waals surface area contributed by atoms with E-state index in [4.69, 9.17) is 15.7 Å².